The third-order valence-corrected chi connectivity index (χ3v) is 7.22. The predicted molar refractivity (Wildman–Crippen MR) is 150 cm³/mol. The Labute approximate surface area is 231 Å². The molecule has 2 amide bonds. The van der Waals surface area contributed by atoms with Gasteiger partial charge in [0.1, 0.15) is 17.5 Å². The molecule has 210 valence electrons. The van der Waals surface area contributed by atoms with Gasteiger partial charge in [0.25, 0.3) is 0 Å². The van der Waals surface area contributed by atoms with Crippen molar-refractivity contribution < 1.29 is 27.5 Å². The van der Waals surface area contributed by atoms with Crippen molar-refractivity contribution >= 4 is 39.1 Å². The molecule has 11 heteroatoms. The standard InChI is InChI=1S/C27H38ClN3O6S/c1-19(26(33)29-27(2,3)4)30(18-20-10-8-11-22(16-20)36-5)25(32)12-9-15-31(38(7,34)35)21-13-14-24(37-6)23(28)17-21/h8,10-11,13-14,16-17,19H,9,12,15,18H2,1-7H3,(H,29,33)/t19-/m0/s1. The van der Waals surface area contributed by atoms with Crippen LogP contribution < -0.4 is 19.1 Å². The van der Waals surface area contributed by atoms with E-state index in [1.807, 2.05) is 39.0 Å². The summed E-state index contributed by atoms with van der Waals surface area (Å²) in [6, 6.07) is 11.2. The van der Waals surface area contributed by atoms with Gasteiger partial charge in [-0.15, -0.1) is 0 Å². The van der Waals surface area contributed by atoms with Crippen molar-refractivity contribution in [1.29, 1.82) is 0 Å². The number of halogens is 1. The fraction of sp³-hybridized carbons (Fsp3) is 0.481. The summed E-state index contributed by atoms with van der Waals surface area (Å²) in [7, 11) is -0.614. The molecule has 0 saturated heterocycles. The number of nitrogens with one attached hydrogen (secondary N) is 1. The number of nitrogens with zero attached hydrogens (tertiary/aromatic N) is 2. The van der Waals surface area contributed by atoms with Crippen LogP contribution in [0.15, 0.2) is 42.5 Å². The predicted octanol–water partition coefficient (Wildman–Crippen LogP) is 4.24. The molecule has 2 rings (SSSR count). The van der Waals surface area contributed by atoms with Gasteiger partial charge >= 0.3 is 0 Å². The Morgan fingerprint density at radius 1 is 1.08 bits per heavy atom. The number of hydrogen-bond donors (Lipinski definition) is 1. The smallest absolute Gasteiger partial charge is 0.242 e. The number of amides is 2. The van der Waals surface area contributed by atoms with E-state index in [1.54, 1.807) is 32.2 Å². The van der Waals surface area contributed by atoms with Crippen molar-refractivity contribution in [2.75, 3.05) is 31.3 Å². The summed E-state index contributed by atoms with van der Waals surface area (Å²) in [4.78, 5) is 27.9. The molecule has 0 spiro atoms. The summed E-state index contributed by atoms with van der Waals surface area (Å²) < 4.78 is 36.7. The summed E-state index contributed by atoms with van der Waals surface area (Å²) in [5.41, 5.74) is 0.710. The van der Waals surface area contributed by atoms with Crippen LogP contribution in [0.2, 0.25) is 5.02 Å². The van der Waals surface area contributed by atoms with E-state index < -0.39 is 21.6 Å². The maximum Gasteiger partial charge on any atom is 0.242 e. The van der Waals surface area contributed by atoms with Gasteiger partial charge in [0.15, 0.2) is 0 Å². The zero-order valence-electron chi connectivity index (χ0n) is 23.1. The number of rotatable bonds is 12. The molecule has 1 atom stereocenters. The summed E-state index contributed by atoms with van der Waals surface area (Å²) >= 11 is 6.20. The second kappa shape index (κ2) is 13.2. The third-order valence-electron chi connectivity index (χ3n) is 5.73. The first-order valence-corrected chi connectivity index (χ1v) is 14.4. The molecule has 2 aromatic carbocycles. The average Bonchev–Trinajstić information content (AvgIpc) is 2.82. The highest BCUT2D eigenvalue weighted by molar-refractivity contribution is 7.92. The Morgan fingerprint density at radius 2 is 1.76 bits per heavy atom. The van der Waals surface area contributed by atoms with E-state index in [0.717, 1.165) is 11.8 Å². The number of anilines is 1. The Hall–Kier alpha value is -2.98. The van der Waals surface area contributed by atoms with Crippen LogP contribution in [0.1, 0.15) is 46.1 Å². The third kappa shape index (κ3) is 9.09. The molecule has 0 aromatic heterocycles. The van der Waals surface area contributed by atoms with Crippen LogP contribution in [-0.4, -0.2) is 63.7 Å². The molecule has 0 unspecified atom stereocenters. The molecular formula is C27H38ClN3O6S. The van der Waals surface area contributed by atoms with Crippen molar-refractivity contribution in [3.63, 3.8) is 0 Å². The van der Waals surface area contributed by atoms with Gasteiger partial charge in [0.2, 0.25) is 21.8 Å². The van der Waals surface area contributed by atoms with E-state index in [1.165, 1.54) is 22.4 Å². The Balaban J connectivity index is 2.23. The number of hydrogen-bond acceptors (Lipinski definition) is 6. The first kappa shape index (κ1) is 31.2. The number of sulfonamides is 1. The highest BCUT2D eigenvalue weighted by atomic mass is 35.5. The molecular weight excluding hydrogens is 530 g/mol. The molecule has 0 radical (unpaired) electrons. The largest absolute Gasteiger partial charge is 0.497 e. The number of carbonyl (C=O) groups is 2. The first-order valence-electron chi connectivity index (χ1n) is 12.2. The maximum absolute atomic E-state index is 13.4. The van der Waals surface area contributed by atoms with Crippen LogP contribution >= 0.6 is 11.6 Å². The lowest BCUT2D eigenvalue weighted by atomic mass is 10.1. The van der Waals surface area contributed by atoms with Gasteiger partial charge in [-0.05, 0) is 70.0 Å². The van der Waals surface area contributed by atoms with Gasteiger partial charge in [0.05, 0.1) is 31.2 Å². The molecule has 0 aliphatic heterocycles. The van der Waals surface area contributed by atoms with Gasteiger partial charge in [-0.2, -0.15) is 0 Å². The molecule has 9 nitrogen and oxygen atoms in total. The zero-order valence-corrected chi connectivity index (χ0v) is 24.6. The number of methoxy groups -OCH3 is 2. The second-order valence-corrected chi connectivity index (χ2v) is 12.4. The molecule has 2 aromatic rings. The van der Waals surface area contributed by atoms with Crippen molar-refractivity contribution in [3.05, 3.63) is 53.1 Å². The van der Waals surface area contributed by atoms with Crippen LogP contribution in [-0.2, 0) is 26.2 Å². The van der Waals surface area contributed by atoms with Gasteiger partial charge in [0, 0.05) is 25.0 Å². The normalized spacial score (nSPS) is 12.4. The van der Waals surface area contributed by atoms with Gasteiger partial charge in [-0.1, -0.05) is 23.7 Å². The molecule has 1 N–H and O–H groups in total. The molecule has 0 heterocycles. The maximum atomic E-state index is 13.4. The van der Waals surface area contributed by atoms with Crippen LogP contribution in [0.3, 0.4) is 0 Å². The minimum absolute atomic E-state index is 0.0347. The summed E-state index contributed by atoms with van der Waals surface area (Å²) in [5, 5.41) is 3.20. The molecule has 0 aliphatic carbocycles. The number of benzene rings is 2. The molecule has 0 aliphatic rings. The Kier molecular flexibility index (Phi) is 10.8. The highest BCUT2D eigenvalue weighted by Gasteiger charge is 2.29. The Bertz CT molecular complexity index is 1230. The van der Waals surface area contributed by atoms with E-state index in [-0.39, 0.29) is 42.8 Å². The van der Waals surface area contributed by atoms with Crippen LogP contribution in [0, 0.1) is 0 Å². The first-order chi connectivity index (χ1) is 17.7. The van der Waals surface area contributed by atoms with Gasteiger partial charge in [-0.25, -0.2) is 8.42 Å². The van der Waals surface area contributed by atoms with E-state index >= 15 is 0 Å². The lowest BCUT2D eigenvalue weighted by Gasteiger charge is -2.32. The van der Waals surface area contributed by atoms with E-state index in [4.69, 9.17) is 21.1 Å². The zero-order chi connectivity index (χ0) is 28.7. The van der Waals surface area contributed by atoms with E-state index in [9.17, 15) is 18.0 Å². The summed E-state index contributed by atoms with van der Waals surface area (Å²) in [6.07, 6.45) is 1.37. The van der Waals surface area contributed by atoms with Gasteiger partial charge < -0.3 is 19.7 Å². The molecule has 38 heavy (non-hydrogen) atoms. The fourth-order valence-corrected chi connectivity index (χ4v) is 5.05. The van der Waals surface area contributed by atoms with Crippen molar-refractivity contribution in [2.45, 2.75) is 58.7 Å². The van der Waals surface area contributed by atoms with Crippen molar-refractivity contribution in [3.8, 4) is 11.5 Å². The number of ether oxygens (including phenoxy) is 2. The minimum atomic E-state index is -3.65. The van der Waals surface area contributed by atoms with E-state index in [2.05, 4.69) is 5.32 Å². The molecule has 0 bridgehead atoms. The van der Waals surface area contributed by atoms with Crippen molar-refractivity contribution in [2.24, 2.45) is 0 Å². The topological polar surface area (TPSA) is 105 Å². The van der Waals surface area contributed by atoms with E-state index in [0.29, 0.717) is 17.2 Å². The minimum Gasteiger partial charge on any atom is -0.497 e. The van der Waals surface area contributed by atoms with Crippen LogP contribution in [0.5, 0.6) is 11.5 Å². The van der Waals surface area contributed by atoms with Crippen molar-refractivity contribution in [1.82, 2.24) is 10.2 Å². The average molecular weight is 568 g/mol. The Morgan fingerprint density at radius 3 is 2.32 bits per heavy atom. The highest BCUT2D eigenvalue weighted by Crippen LogP contribution is 2.30. The molecule has 0 saturated carbocycles. The fourth-order valence-electron chi connectivity index (χ4n) is 3.84. The summed E-state index contributed by atoms with van der Waals surface area (Å²) in [5.74, 6) is 0.517. The second-order valence-electron chi connectivity index (χ2n) is 10.0. The van der Waals surface area contributed by atoms with Crippen LogP contribution in [0.25, 0.3) is 0 Å². The van der Waals surface area contributed by atoms with Gasteiger partial charge in [-0.3, -0.25) is 13.9 Å². The molecule has 0 fully saturated rings. The monoisotopic (exact) mass is 567 g/mol. The van der Waals surface area contributed by atoms with Crippen LogP contribution in [0.4, 0.5) is 5.69 Å². The quantitative estimate of drug-likeness (QED) is 0.411. The lowest BCUT2D eigenvalue weighted by Crippen LogP contribution is -2.52. The SMILES string of the molecule is COc1cccc(CN(C(=O)CCCN(c2ccc(OC)c(Cl)c2)S(C)(=O)=O)[C@@H](C)C(=O)NC(C)(C)C)c1. The summed E-state index contributed by atoms with van der Waals surface area (Å²) in [6.45, 7) is 7.55. The number of carbonyl (C=O) groups excluding carboxylic acids is 2. The lowest BCUT2D eigenvalue weighted by molar-refractivity contribution is -0.141.